The second-order valence-electron chi connectivity index (χ2n) is 7.58. The van der Waals surface area contributed by atoms with Crippen LogP contribution in [0, 0.1) is 5.41 Å². The molecule has 2 atom stereocenters. The Morgan fingerprint density at radius 2 is 2.18 bits per heavy atom. The third-order valence-corrected chi connectivity index (χ3v) is 5.32. The molecule has 6 heteroatoms. The van der Waals surface area contributed by atoms with Crippen molar-refractivity contribution in [2.75, 3.05) is 32.7 Å². The predicted octanol–water partition coefficient (Wildman–Crippen LogP) is 2.55. The predicted molar refractivity (Wildman–Crippen MR) is 87.5 cm³/mol. The Balaban J connectivity index is 0.00000144. The summed E-state index contributed by atoms with van der Waals surface area (Å²) in [5, 5.41) is 7.76. The summed E-state index contributed by atoms with van der Waals surface area (Å²) in [6.45, 7) is 8.25. The molecule has 1 N–H and O–H groups in total. The van der Waals surface area contributed by atoms with E-state index in [1.165, 1.54) is 51.7 Å². The molecule has 3 heterocycles. The van der Waals surface area contributed by atoms with E-state index < -0.39 is 0 Å². The summed E-state index contributed by atoms with van der Waals surface area (Å²) in [7, 11) is 0. The van der Waals surface area contributed by atoms with E-state index in [-0.39, 0.29) is 12.4 Å². The third-order valence-electron chi connectivity index (χ3n) is 5.32. The highest BCUT2D eigenvalue weighted by Crippen LogP contribution is 2.39. The maximum Gasteiger partial charge on any atom is 0.229 e. The van der Waals surface area contributed by atoms with Gasteiger partial charge in [0.15, 0.2) is 5.82 Å². The smallest absolute Gasteiger partial charge is 0.229 e. The van der Waals surface area contributed by atoms with E-state index >= 15 is 0 Å². The molecule has 3 fully saturated rings. The van der Waals surface area contributed by atoms with Gasteiger partial charge in [-0.25, -0.2) is 0 Å². The highest BCUT2D eigenvalue weighted by molar-refractivity contribution is 5.85. The first-order valence-electron chi connectivity index (χ1n) is 8.48. The molecular formula is C16H27ClN4O. The fourth-order valence-electron chi connectivity index (χ4n) is 3.86. The van der Waals surface area contributed by atoms with Crippen molar-refractivity contribution in [1.29, 1.82) is 0 Å². The van der Waals surface area contributed by atoms with Crippen molar-refractivity contribution in [3.63, 3.8) is 0 Å². The summed E-state index contributed by atoms with van der Waals surface area (Å²) in [5.74, 6) is 2.87. The second-order valence-corrected chi connectivity index (χ2v) is 7.58. The van der Waals surface area contributed by atoms with Crippen LogP contribution < -0.4 is 5.32 Å². The molecule has 1 aliphatic carbocycles. The number of nitrogens with one attached hydrogen (secondary N) is 1. The first-order chi connectivity index (χ1) is 10.2. The van der Waals surface area contributed by atoms with E-state index in [0.29, 0.717) is 17.3 Å². The van der Waals surface area contributed by atoms with Gasteiger partial charge >= 0.3 is 0 Å². The van der Waals surface area contributed by atoms with Crippen LogP contribution in [0.5, 0.6) is 0 Å². The lowest BCUT2D eigenvalue weighted by molar-refractivity contribution is 0.138. The largest absolute Gasteiger partial charge is 0.339 e. The van der Waals surface area contributed by atoms with Crippen LogP contribution in [0.15, 0.2) is 4.52 Å². The minimum atomic E-state index is 0. The van der Waals surface area contributed by atoms with Crippen molar-refractivity contribution in [3.05, 3.63) is 11.7 Å². The van der Waals surface area contributed by atoms with E-state index in [4.69, 9.17) is 4.52 Å². The van der Waals surface area contributed by atoms with Crippen LogP contribution in [-0.4, -0.2) is 47.8 Å². The Bertz CT molecular complexity index is 496. The summed E-state index contributed by atoms with van der Waals surface area (Å²) in [5.41, 5.74) is 0.443. The average molecular weight is 327 g/mol. The fraction of sp³-hybridized carbons (Fsp3) is 0.875. The molecular weight excluding hydrogens is 300 g/mol. The topological polar surface area (TPSA) is 54.2 Å². The number of hydrogen-bond acceptors (Lipinski definition) is 5. The van der Waals surface area contributed by atoms with Crippen LogP contribution in [0.1, 0.15) is 62.6 Å². The summed E-state index contributed by atoms with van der Waals surface area (Å²) in [6.07, 6.45) is 6.20. The monoisotopic (exact) mass is 326 g/mol. The average Bonchev–Trinajstić information content (AvgIpc) is 3.05. The van der Waals surface area contributed by atoms with Crippen LogP contribution in [0.3, 0.4) is 0 Å². The van der Waals surface area contributed by atoms with Gasteiger partial charge in [-0.3, -0.25) is 0 Å². The number of halogens is 1. The van der Waals surface area contributed by atoms with Crippen LogP contribution in [0.25, 0.3) is 0 Å². The van der Waals surface area contributed by atoms with Gasteiger partial charge in [-0.15, -0.1) is 12.4 Å². The molecule has 2 saturated heterocycles. The normalized spacial score (nSPS) is 32.9. The van der Waals surface area contributed by atoms with Crippen LogP contribution in [-0.2, 0) is 0 Å². The van der Waals surface area contributed by atoms with Gasteiger partial charge in [0, 0.05) is 31.5 Å². The van der Waals surface area contributed by atoms with Crippen molar-refractivity contribution in [2.24, 2.45) is 5.41 Å². The first-order valence-corrected chi connectivity index (χ1v) is 8.48. The molecule has 3 aliphatic rings. The van der Waals surface area contributed by atoms with Gasteiger partial charge in [-0.05, 0) is 50.6 Å². The van der Waals surface area contributed by atoms with E-state index in [9.17, 15) is 0 Å². The lowest BCUT2D eigenvalue weighted by atomic mass is 9.87. The van der Waals surface area contributed by atoms with Gasteiger partial charge < -0.3 is 14.7 Å². The Morgan fingerprint density at radius 1 is 1.32 bits per heavy atom. The van der Waals surface area contributed by atoms with Crippen molar-refractivity contribution >= 4 is 12.4 Å². The highest BCUT2D eigenvalue weighted by atomic mass is 35.5. The zero-order valence-corrected chi connectivity index (χ0v) is 14.2. The second kappa shape index (κ2) is 6.46. The van der Waals surface area contributed by atoms with Gasteiger partial charge in [0.1, 0.15) is 0 Å². The zero-order chi connectivity index (χ0) is 14.3. The molecule has 1 saturated carbocycles. The highest BCUT2D eigenvalue weighted by Gasteiger charge is 2.35. The third kappa shape index (κ3) is 3.47. The lowest BCUT2D eigenvalue weighted by Crippen LogP contribution is -2.42. The minimum Gasteiger partial charge on any atom is -0.339 e. The fourth-order valence-corrected chi connectivity index (χ4v) is 3.86. The molecule has 0 spiro atoms. The molecule has 4 rings (SSSR count). The van der Waals surface area contributed by atoms with E-state index in [1.807, 2.05) is 0 Å². The zero-order valence-electron chi connectivity index (χ0n) is 13.4. The van der Waals surface area contributed by atoms with Crippen molar-refractivity contribution in [3.8, 4) is 0 Å². The number of aromatic nitrogens is 2. The number of nitrogens with zero attached hydrogens (tertiary/aromatic N) is 3. The molecule has 2 unspecified atom stereocenters. The molecule has 124 valence electrons. The van der Waals surface area contributed by atoms with Crippen LogP contribution >= 0.6 is 12.4 Å². The maximum atomic E-state index is 5.44. The van der Waals surface area contributed by atoms with Crippen molar-refractivity contribution < 1.29 is 4.52 Å². The molecule has 5 nitrogen and oxygen atoms in total. The Hall–Kier alpha value is -0.650. The lowest BCUT2D eigenvalue weighted by Gasteiger charge is -2.36. The molecule has 22 heavy (non-hydrogen) atoms. The molecule has 1 aromatic heterocycles. The van der Waals surface area contributed by atoms with Gasteiger partial charge in [0.2, 0.25) is 5.89 Å². The van der Waals surface area contributed by atoms with E-state index in [0.717, 1.165) is 24.8 Å². The molecule has 0 aromatic carbocycles. The Labute approximate surface area is 138 Å². The summed E-state index contributed by atoms with van der Waals surface area (Å²) in [6, 6.07) is 0. The molecule has 0 bridgehead atoms. The number of likely N-dealkylation sites (tertiary alicyclic amines) is 1. The minimum absolute atomic E-state index is 0. The number of rotatable bonds is 4. The standard InChI is InChI=1S/C16H26N4O.ClH/c1-16(6-7-17-10-16)11-20-8-2-3-13(9-20)14-18-15(21-19-14)12-4-5-12;/h12-13,17H,2-11H2,1H3;1H. The molecule has 0 amide bonds. The summed E-state index contributed by atoms with van der Waals surface area (Å²) >= 11 is 0. The SMILES string of the molecule is CC1(CN2CCCC(c3noc(C4CC4)n3)C2)CCNC1.Cl. The van der Waals surface area contributed by atoms with Gasteiger partial charge in [-0.2, -0.15) is 4.98 Å². The van der Waals surface area contributed by atoms with Crippen LogP contribution in [0.4, 0.5) is 0 Å². The van der Waals surface area contributed by atoms with Crippen molar-refractivity contribution in [2.45, 2.75) is 50.9 Å². The Kier molecular flexibility index (Phi) is 4.76. The van der Waals surface area contributed by atoms with Crippen molar-refractivity contribution in [1.82, 2.24) is 20.4 Å². The summed E-state index contributed by atoms with van der Waals surface area (Å²) < 4.78 is 5.44. The molecule has 2 aliphatic heterocycles. The summed E-state index contributed by atoms with van der Waals surface area (Å²) in [4.78, 5) is 7.28. The quantitative estimate of drug-likeness (QED) is 0.921. The van der Waals surface area contributed by atoms with E-state index in [2.05, 4.69) is 27.3 Å². The number of hydrogen-bond donors (Lipinski definition) is 1. The first kappa shape index (κ1) is 16.2. The molecule has 0 radical (unpaired) electrons. The maximum absolute atomic E-state index is 5.44. The Morgan fingerprint density at radius 3 is 2.91 bits per heavy atom. The number of piperidine rings is 1. The molecule has 1 aromatic rings. The van der Waals surface area contributed by atoms with Gasteiger partial charge in [0.25, 0.3) is 0 Å². The van der Waals surface area contributed by atoms with E-state index in [1.54, 1.807) is 0 Å². The van der Waals surface area contributed by atoms with Gasteiger partial charge in [0.05, 0.1) is 0 Å². The van der Waals surface area contributed by atoms with Crippen LogP contribution in [0.2, 0.25) is 0 Å². The van der Waals surface area contributed by atoms with Gasteiger partial charge in [-0.1, -0.05) is 12.1 Å².